The molecule has 0 saturated heterocycles. The van der Waals surface area contributed by atoms with Crippen LogP contribution in [0.3, 0.4) is 0 Å². The quantitative estimate of drug-likeness (QED) is 0.473. The molecule has 1 aromatic rings. The number of aromatic nitrogens is 1. The second kappa shape index (κ2) is 5.44. The van der Waals surface area contributed by atoms with Crippen LogP contribution in [0.2, 0.25) is 0 Å². The molecule has 0 unspecified atom stereocenters. The average Bonchev–Trinajstić information content (AvgIpc) is 2.51. The maximum absolute atomic E-state index is 10.4. The standard InChI is InChI=1S/C3H4N2O4S.C3H7NO2/c4-10(7,8)2-1-9-3(6)5-2;1-2(4)3(5)6/h1H,(H,5,6)(H2,4,7,8);2H,4H2,1H3,(H,5,6)/t;2-/m.0/s1. The Hall–Kier alpha value is -1.65. The third-order valence-electron chi connectivity index (χ3n) is 1.19. The number of aromatic amines is 1. The fourth-order valence-electron chi connectivity index (χ4n) is 0.405. The minimum Gasteiger partial charge on any atom is -0.480 e. The number of primary sulfonamides is 1. The van der Waals surface area contributed by atoms with Gasteiger partial charge in [0.25, 0.3) is 10.0 Å². The molecule has 1 aromatic heterocycles. The van der Waals surface area contributed by atoms with Crippen molar-refractivity contribution in [3.63, 3.8) is 0 Å². The van der Waals surface area contributed by atoms with E-state index in [9.17, 15) is 18.0 Å². The van der Waals surface area contributed by atoms with Crippen molar-refractivity contribution in [2.45, 2.75) is 18.0 Å². The monoisotopic (exact) mass is 253 g/mol. The van der Waals surface area contributed by atoms with E-state index >= 15 is 0 Å². The van der Waals surface area contributed by atoms with E-state index in [0.29, 0.717) is 0 Å². The van der Waals surface area contributed by atoms with Crippen LogP contribution in [0, 0.1) is 0 Å². The highest BCUT2D eigenvalue weighted by molar-refractivity contribution is 7.89. The third-order valence-corrected chi connectivity index (χ3v) is 2.01. The van der Waals surface area contributed by atoms with Gasteiger partial charge in [-0.05, 0) is 6.92 Å². The molecule has 0 radical (unpaired) electrons. The molecule has 1 atom stereocenters. The Morgan fingerprint density at radius 3 is 2.19 bits per heavy atom. The van der Waals surface area contributed by atoms with Crippen molar-refractivity contribution in [1.82, 2.24) is 4.98 Å². The molecule has 0 aromatic carbocycles. The first-order valence-corrected chi connectivity index (χ1v) is 5.38. The van der Waals surface area contributed by atoms with Gasteiger partial charge in [0, 0.05) is 0 Å². The average molecular weight is 253 g/mol. The third kappa shape index (κ3) is 5.29. The minimum absolute atomic E-state index is 0.419. The SMILES string of the molecule is C[C@H](N)C(=O)O.NS(=O)(=O)c1coc(=O)[nH]1. The second-order valence-electron chi connectivity index (χ2n) is 2.68. The normalized spacial score (nSPS) is 12.4. The van der Waals surface area contributed by atoms with Gasteiger partial charge in [0.05, 0.1) is 0 Å². The number of carboxylic acid groups (broad SMARTS) is 1. The Bertz CT molecular complexity index is 498. The van der Waals surface area contributed by atoms with Gasteiger partial charge >= 0.3 is 11.7 Å². The number of oxazole rings is 1. The Morgan fingerprint density at radius 2 is 2.06 bits per heavy atom. The molecule has 16 heavy (non-hydrogen) atoms. The predicted octanol–water partition coefficient (Wildman–Crippen LogP) is -1.97. The molecule has 0 saturated carbocycles. The van der Waals surface area contributed by atoms with E-state index in [4.69, 9.17) is 10.8 Å². The Balaban J connectivity index is 0.000000325. The zero-order valence-corrected chi connectivity index (χ0v) is 9.02. The number of aliphatic carboxylic acids is 1. The molecule has 1 heterocycles. The number of nitrogens with one attached hydrogen (secondary N) is 1. The van der Waals surface area contributed by atoms with Gasteiger partial charge in [-0.3, -0.25) is 9.78 Å². The summed E-state index contributed by atoms with van der Waals surface area (Å²) in [6.07, 6.45) is 0.748. The Kier molecular flexibility index (Phi) is 4.88. The molecule has 0 spiro atoms. The highest BCUT2D eigenvalue weighted by Crippen LogP contribution is 1.95. The van der Waals surface area contributed by atoms with Crippen molar-refractivity contribution in [3.05, 3.63) is 16.8 Å². The number of rotatable bonds is 2. The molecule has 0 aliphatic carbocycles. The van der Waals surface area contributed by atoms with Crippen LogP contribution < -0.4 is 16.6 Å². The van der Waals surface area contributed by atoms with Gasteiger partial charge in [0.15, 0.2) is 5.03 Å². The van der Waals surface area contributed by atoms with E-state index < -0.39 is 32.8 Å². The lowest BCUT2D eigenvalue weighted by atomic mass is 10.4. The summed E-state index contributed by atoms with van der Waals surface area (Å²) in [4.78, 5) is 21.6. The van der Waals surface area contributed by atoms with Crippen molar-refractivity contribution in [2.24, 2.45) is 10.9 Å². The van der Waals surface area contributed by atoms with Crippen LogP contribution in [0.1, 0.15) is 6.92 Å². The van der Waals surface area contributed by atoms with Gasteiger partial charge in [0.2, 0.25) is 0 Å². The molecule has 92 valence electrons. The smallest absolute Gasteiger partial charge is 0.417 e. The van der Waals surface area contributed by atoms with E-state index in [-0.39, 0.29) is 0 Å². The molecule has 1 rings (SSSR count). The number of carbonyl (C=O) groups is 1. The van der Waals surface area contributed by atoms with E-state index in [1.54, 1.807) is 0 Å². The molecule has 6 N–H and O–H groups in total. The van der Waals surface area contributed by atoms with Crippen LogP contribution in [0.5, 0.6) is 0 Å². The first-order chi connectivity index (χ1) is 7.14. The molecule has 0 bridgehead atoms. The lowest BCUT2D eigenvalue weighted by Crippen LogP contribution is -2.25. The van der Waals surface area contributed by atoms with Crippen LogP contribution >= 0.6 is 0 Å². The number of hydrogen-bond donors (Lipinski definition) is 4. The maximum Gasteiger partial charge on any atom is 0.417 e. The number of hydrogen-bond acceptors (Lipinski definition) is 6. The van der Waals surface area contributed by atoms with Crippen LogP contribution in [0.15, 0.2) is 20.5 Å². The maximum atomic E-state index is 10.4. The fourth-order valence-corrected chi connectivity index (χ4v) is 0.813. The zero-order chi connectivity index (χ0) is 12.9. The number of H-pyrrole nitrogens is 1. The van der Waals surface area contributed by atoms with Crippen molar-refractivity contribution in [3.8, 4) is 0 Å². The summed E-state index contributed by atoms with van der Waals surface area (Å²) in [5.41, 5.74) is 4.84. The van der Waals surface area contributed by atoms with Crippen LogP contribution in [0.4, 0.5) is 0 Å². The summed E-state index contributed by atoms with van der Waals surface area (Å²) in [7, 11) is -3.83. The minimum atomic E-state index is -3.83. The summed E-state index contributed by atoms with van der Waals surface area (Å²) in [6, 6.07) is -0.731. The predicted molar refractivity (Wildman–Crippen MR) is 52.0 cm³/mol. The van der Waals surface area contributed by atoms with Crippen LogP contribution in [0.25, 0.3) is 0 Å². The van der Waals surface area contributed by atoms with Gasteiger partial charge in [0.1, 0.15) is 12.3 Å². The van der Waals surface area contributed by atoms with Crippen molar-refractivity contribution in [1.29, 1.82) is 0 Å². The lowest BCUT2D eigenvalue weighted by Gasteiger charge is -1.90. The Labute approximate surface area is 90.1 Å². The van der Waals surface area contributed by atoms with E-state index in [0.717, 1.165) is 6.26 Å². The van der Waals surface area contributed by atoms with E-state index in [1.807, 2.05) is 4.98 Å². The van der Waals surface area contributed by atoms with Crippen LogP contribution in [-0.2, 0) is 14.8 Å². The lowest BCUT2D eigenvalue weighted by molar-refractivity contribution is -0.138. The molecule has 0 aliphatic rings. The first-order valence-electron chi connectivity index (χ1n) is 3.83. The summed E-state index contributed by atoms with van der Waals surface area (Å²) in [5.74, 6) is -1.81. The number of sulfonamides is 1. The zero-order valence-electron chi connectivity index (χ0n) is 8.21. The largest absolute Gasteiger partial charge is 0.480 e. The molecule has 0 fully saturated rings. The Morgan fingerprint density at radius 1 is 1.62 bits per heavy atom. The van der Waals surface area contributed by atoms with Gasteiger partial charge in [-0.1, -0.05) is 0 Å². The molecular formula is C6H11N3O6S. The fraction of sp³-hybridized carbons (Fsp3) is 0.333. The van der Waals surface area contributed by atoms with Crippen molar-refractivity contribution in [2.75, 3.05) is 0 Å². The van der Waals surface area contributed by atoms with Crippen LogP contribution in [-0.4, -0.2) is 30.5 Å². The molecule has 0 aliphatic heterocycles. The summed E-state index contributed by atoms with van der Waals surface area (Å²) >= 11 is 0. The second-order valence-corrected chi connectivity index (χ2v) is 4.21. The molecule has 0 amide bonds. The van der Waals surface area contributed by atoms with Gasteiger partial charge in [-0.15, -0.1) is 0 Å². The molecule has 10 heteroatoms. The topological polar surface area (TPSA) is 169 Å². The van der Waals surface area contributed by atoms with Crippen molar-refractivity contribution < 1.29 is 22.7 Å². The summed E-state index contributed by atoms with van der Waals surface area (Å²) in [5, 5.41) is 12.1. The summed E-state index contributed by atoms with van der Waals surface area (Å²) < 4.78 is 24.9. The van der Waals surface area contributed by atoms with E-state index in [1.165, 1.54) is 6.92 Å². The first kappa shape index (κ1) is 14.3. The summed E-state index contributed by atoms with van der Waals surface area (Å²) in [6.45, 7) is 1.42. The van der Waals surface area contributed by atoms with E-state index in [2.05, 4.69) is 9.56 Å². The molecule has 9 nitrogen and oxygen atoms in total. The van der Waals surface area contributed by atoms with Gasteiger partial charge in [-0.2, -0.15) is 0 Å². The highest BCUT2D eigenvalue weighted by atomic mass is 32.2. The molecular weight excluding hydrogens is 242 g/mol. The number of nitrogens with two attached hydrogens (primary N) is 2. The highest BCUT2D eigenvalue weighted by Gasteiger charge is 2.10. The van der Waals surface area contributed by atoms with Gasteiger partial charge < -0.3 is 15.3 Å². The van der Waals surface area contributed by atoms with Gasteiger partial charge in [-0.25, -0.2) is 18.4 Å². The number of carboxylic acids is 1. The van der Waals surface area contributed by atoms with Crippen molar-refractivity contribution >= 4 is 16.0 Å².